The second-order valence-corrected chi connectivity index (χ2v) is 7.41. The largest absolute Gasteiger partial charge is 0.379 e. The Morgan fingerprint density at radius 2 is 2.04 bits per heavy atom. The van der Waals surface area contributed by atoms with Gasteiger partial charge in [0.1, 0.15) is 6.10 Å². The van der Waals surface area contributed by atoms with E-state index in [1.54, 1.807) is 7.11 Å². The van der Waals surface area contributed by atoms with Crippen LogP contribution in [0, 0.1) is 0 Å². The van der Waals surface area contributed by atoms with Gasteiger partial charge in [0.05, 0.1) is 17.5 Å². The summed E-state index contributed by atoms with van der Waals surface area (Å²) in [6, 6.07) is 5.77. The van der Waals surface area contributed by atoms with Gasteiger partial charge in [-0.05, 0) is 37.1 Å². The van der Waals surface area contributed by atoms with Crippen LogP contribution in [0.1, 0.15) is 30.1 Å². The van der Waals surface area contributed by atoms with Crippen molar-refractivity contribution in [3.63, 3.8) is 0 Å². The molecule has 24 heavy (non-hydrogen) atoms. The van der Waals surface area contributed by atoms with E-state index in [-0.39, 0.29) is 22.9 Å². The number of hydrogen-bond acceptors (Lipinski definition) is 5. The normalized spacial score (nSPS) is 21.4. The summed E-state index contributed by atoms with van der Waals surface area (Å²) in [5.74, 6) is -0.255. The summed E-state index contributed by atoms with van der Waals surface area (Å²) < 4.78 is 37.2. The van der Waals surface area contributed by atoms with E-state index in [1.807, 2.05) is 6.92 Å². The van der Waals surface area contributed by atoms with E-state index in [0.29, 0.717) is 38.2 Å². The average molecular weight is 356 g/mol. The molecular formula is C16H24N2O5S. The molecule has 1 saturated heterocycles. The maximum atomic E-state index is 12.3. The van der Waals surface area contributed by atoms with Crippen LogP contribution < -0.4 is 10.0 Å². The van der Waals surface area contributed by atoms with E-state index in [9.17, 15) is 13.2 Å². The van der Waals surface area contributed by atoms with Crippen LogP contribution in [0.4, 0.5) is 0 Å². The summed E-state index contributed by atoms with van der Waals surface area (Å²) in [5.41, 5.74) is 0.408. The Labute approximate surface area is 142 Å². The first kappa shape index (κ1) is 18.9. The predicted molar refractivity (Wildman–Crippen MR) is 89.4 cm³/mol. The number of amides is 1. The summed E-state index contributed by atoms with van der Waals surface area (Å²) in [6.45, 7) is 3.29. The Hall–Kier alpha value is -1.48. The van der Waals surface area contributed by atoms with E-state index in [1.165, 1.54) is 24.3 Å². The van der Waals surface area contributed by atoms with Crippen LogP contribution in [-0.4, -0.2) is 53.3 Å². The molecule has 2 N–H and O–H groups in total. The number of ether oxygens (including phenoxy) is 2. The van der Waals surface area contributed by atoms with Crippen molar-refractivity contribution in [1.29, 1.82) is 0 Å². The van der Waals surface area contributed by atoms with Crippen LogP contribution >= 0.6 is 0 Å². The fourth-order valence-electron chi connectivity index (χ4n) is 2.47. The third kappa shape index (κ3) is 4.76. The average Bonchev–Trinajstić information content (AvgIpc) is 2.60. The first-order chi connectivity index (χ1) is 11.5. The van der Waals surface area contributed by atoms with Gasteiger partial charge in [-0.2, -0.15) is 0 Å². The number of hydrogen-bond donors (Lipinski definition) is 2. The highest BCUT2D eigenvalue weighted by Crippen LogP contribution is 2.14. The summed E-state index contributed by atoms with van der Waals surface area (Å²) in [5, 5.41) is 2.92. The number of benzene rings is 1. The lowest BCUT2D eigenvalue weighted by molar-refractivity contribution is -0.0479. The first-order valence-corrected chi connectivity index (χ1v) is 9.47. The number of sulfonamides is 1. The van der Waals surface area contributed by atoms with E-state index in [0.717, 1.165) is 0 Å². The monoisotopic (exact) mass is 356 g/mol. The number of methoxy groups -OCH3 is 1. The van der Waals surface area contributed by atoms with Crippen molar-refractivity contribution in [3.05, 3.63) is 29.8 Å². The molecule has 0 aromatic heterocycles. The lowest BCUT2D eigenvalue weighted by Gasteiger charge is -2.31. The van der Waals surface area contributed by atoms with Crippen LogP contribution in [0.3, 0.4) is 0 Å². The standard InChI is InChI=1S/C16H24N2O5S/c1-3-9-17-24(20,21)13-6-4-12(5-7-13)16(19)18-14-8-10-23-11-15(14)22-2/h4-7,14-15,17H,3,8-11H2,1-2H3,(H,18,19)/t14-,15-/m1/s1. The molecule has 1 fully saturated rings. The third-order valence-electron chi connectivity index (χ3n) is 3.89. The van der Waals surface area contributed by atoms with Crippen LogP contribution in [0.25, 0.3) is 0 Å². The van der Waals surface area contributed by atoms with Crippen molar-refractivity contribution >= 4 is 15.9 Å². The van der Waals surface area contributed by atoms with Crippen molar-refractivity contribution in [1.82, 2.24) is 10.0 Å². The molecule has 2 atom stereocenters. The second-order valence-electron chi connectivity index (χ2n) is 5.64. The van der Waals surface area contributed by atoms with Crippen LogP contribution in [0.15, 0.2) is 29.2 Å². The van der Waals surface area contributed by atoms with Crippen LogP contribution in [0.5, 0.6) is 0 Å². The van der Waals surface area contributed by atoms with Crippen molar-refractivity contribution in [3.8, 4) is 0 Å². The molecule has 0 radical (unpaired) electrons. The molecule has 1 aromatic carbocycles. The van der Waals surface area contributed by atoms with Gasteiger partial charge < -0.3 is 14.8 Å². The Morgan fingerprint density at radius 1 is 1.33 bits per heavy atom. The zero-order chi connectivity index (χ0) is 17.6. The number of carbonyl (C=O) groups excluding carboxylic acids is 1. The molecule has 2 rings (SSSR count). The summed E-state index contributed by atoms with van der Waals surface area (Å²) in [4.78, 5) is 12.5. The molecule has 0 bridgehead atoms. The second kappa shape index (κ2) is 8.57. The number of carbonyl (C=O) groups is 1. The molecule has 1 aliphatic heterocycles. The third-order valence-corrected chi connectivity index (χ3v) is 5.37. The van der Waals surface area contributed by atoms with Gasteiger partial charge in [-0.15, -0.1) is 0 Å². The molecule has 8 heteroatoms. The predicted octanol–water partition coefficient (Wildman–Crippen LogP) is 0.909. The van der Waals surface area contributed by atoms with Gasteiger partial charge in [0.15, 0.2) is 0 Å². The highest BCUT2D eigenvalue weighted by atomic mass is 32.2. The summed E-state index contributed by atoms with van der Waals surface area (Å²) in [6.07, 6.45) is 1.21. The minimum Gasteiger partial charge on any atom is -0.379 e. The van der Waals surface area contributed by atoms with Gasteiger partial charge in [0.25, 0.3) is 5.91 Å². The van der Waals surface area contributed by atoms with Gasteiger partial charge in [0.2, 0.25) is 10.0 Å². The maximum Gasteiger partial charge on any atom is 0.251 e. The Morgan fingerprint density at radius 3 is 2.67 bits per heavy atom. The van der Waals surface area contributed by atoms with E-state index in [4.69, 9.17) is 9.47 Å². The number of nitrogens with one attached hydrogen (secondary N) is 2. The molecule has 1 aromatic rings. The Kier molecular flexibility index (Phi) is 6.73. The zero-order valence-corrected chi connectivity index (χ0v) is 14.8. The highest BCUT2D eigenvalue weighted by Gasteiger charge is 2.27. The van der Waals surface area contributed by atoms with Crippen molar-refractivity contribution < 1.29 is 22.7 Å². The molecule has 134 valence electrons. The van der Waals surface area contributed by atoms with Gasteiger partial charge in [-0.3, -0.25) is 4.79 Å². The molecule has 7 nitrogen and oxygen atoms in total. The molecule has 0 spiro atoms. The Balaban J connectivity index is 2.03. The highest BCUT2D eigenvalue weighted by molar-refractivity contribution is 7.89. The smallest absolute Gasteiger partial charge is 0.251 e. The van der Waals surface area contributed by atoms with E-state index >= 15 is 0 Å². The molecule has 1 amide bonds. The van der Waals surface area contributed by atoms with Gasteiger partial charge in [0, 0.05) is 25.8 Å². The van der Waals surface area contributed by atoms with Crippen LogP contribution in [-0.2, 0) is 19.5 Å². The summed E-state index contributed by atoms with van der Waals surface area (Å²) in [7, 11) is -1.94. The zero-order valence-electron chi connectivity index (χ0n) is 13.9. The minimum atomic E-state index is -3.52. The van der Waals surface area contributed by atoms with Gasteiger partial charge in [-0.1, -0.05) is 6.92 Å². The van der Waals surface area contributed by atoms with Crippen molar-refractivity contribution in [2.24, 2.45) is 0 Å². The van der Waals surface area contributed by atoms with E-state index < -0.39 is 10.0 Å². The van der Waals surface area contributed by atoms with E-state index in [2.05, 4.69) is 10.0 Å². The molecule has 1 heterocycles. The fourth-order valence-corrected chi connectivity index (χ4v) is 3.60. The molecule has 0 aliphatic carbocycles. The van der Waals surface area contributed by atoms with Crippen LogP contribution in [0.2, 0.25) is 0 Å². The molecule has 0 saturated carbocycles. The maximum absolute atomic E-state index is 12.3. The first-order valence-electron chi connectivity index (χ1n) is 7.99. The van der Waals surface area contributed by atoms with Gasteiger partial charge >= 0.3 is 0 Å². The molecule has 0 unspecified atom stereocenters. The minimum absolute atomic E-state index is 0.120. The van der Waals surface area contributed by atoms with Gasteiger partial charge in [-0.25, -0.2) is 13.1 Å². The quantitative estimate of drug-likeness (QED) is 0.757. The fraction of sp³-hybridized carbons (Fsp3) is 0.562. The number of rotatable bonds is 7. The molecule has 1 aliphatic rings. The van der Waals surface area contributed by atoms with Crippen molar-refractivity contribution in [2.75, 3.05) is 26.9 Å². The topological polar surface area (TPSA) is 93.7 Å². The Bertz CT molecular complexity index is 645. The molecular weight excluding hydrogens is 332 g/mol. The lowest BCUT2D eigenvalue weighted by Crippen LogP contribution is -2.49. The van der Waals surface area contributed by atoms with Crippen molar-refractivity contribution in [2.45, 2.75) is 36.8 Å². The SMILES string of the molecule is CCCNS(=O)(=O)c1ccc(C(=O)N[C@@H]2CCOC[C@H]2OC)cc1. The summed E-state index contributed by atoms with van der Waals surface area (Å²) >= 11 is 0. The lowest BCUT2D eigenvalue weighted by atomic mass is 10.1.